The van der Waals surface area contributed by atoms with Crippen LogP contribution in [0.2, 0.25) is 5.15 Å². The number of aromatic nitrogens is 2. The average molecular weight is 313 g/mol. The third-order valence-corrected chi connectivity index (χ3v) is 3.40. The van der Waals surface area contributed by atoms with Crippen LogP contribution in [-0.4, -0.2) is 52.5 Å². The molecule has 0 N–H and O–H groups in total. The Morgan fingerprint density at radius 1 is 1.33 bits per heavy atom. The highest BCUT2D eigenvalue weighted by atomic mass is 35.5. The molecule has 0 bridgehead atoms. The van der Waals surface area contributed by atoms with E-state index < -0.39 is 5.60 Å². The molecule has 1 saturated heterocycles. The van der Waals surface area contributed by atoms with Crippen molar-refractivity contribution in [3.63, 3.8) is 0 Å². The largest absolute Gasteiger partial charge is 0.444 e. The summed E-state index contributed by atoms with van der Waals surface area (Å²) in [5.74, 6) is 0.773. The first-order valence-electron chi connectivity index (χ1n) is 7.00. The summed E-state index contributed by atoms with van der Waals surface area (Å²) >= 11 is 5.74. The summed E-state index contributed by atoms with van der Waals surface area (Å²) in [6.45, 7) is 9.59. The van der Waals surface area contributed by atoms with E-state index in [4.69, 9.17) is 16.3 Å². The summed E-state index contributed by atoms with van der Waals surface area (Å²) in [6.07, 6.45) is -0.267. The summed E-state index contributed by atoms with van der Waals surface area (Å²) in [6, 6.07) is 3.60. The minimum atomic E-state index is -0.477. The minimum Gasteiger partial charge on any atom is -0.444 e. The van der Waals surface area contributed by atoms with Gasteiger partial charge in [0.05, 0.1) is 0 Å². The van der Waals surface area contributed by atoms with Gasteiger partial charge in [-0.3, -0.25) is 0 Å². The van der Waals surface area contributed by atoms with Crippen LogP contribution in [0, 0.1) is 0 Å². The predicted molar refractivity (Wildman–Crippen MR) is 81.7 cm³/mol. The van der Waals surface area contributed by atoms with Gasteiger partial charge in [0.2, 0.25) is 0 Å². The van der Waals surface area contributed by atoms with Crippen LogP contribution in [-0.2, 0) is 4.74 Å². The van der Waals surface area contributed by atoms with Crippen molar-refractivity contribution in [2.75, 3.05) is 24.5 Å². The number of piperazine rings is 1. The number of nitrogens with zero attached hydrogens (tertiary/aromatic N) is 4. The van der Waals surface area contributed by atoms with Gasteiger partial charge in [-0.15, -0.1) is 10.2 Å². The second kappa shape index (κ2) is 6.05. The summed E-state index contributed by atoms with van der Waals surface area (Å²) in [7, 11) is 0. The van der Waals surface area contributed by atoms with Gasteiger partial charge in [-0.05, 0) is 39.8 Å². The molecule has 0 aliphatic carbocycles. The minimum absolute atomic E-state index is 0.0473. The Morgan fingerprint density at radius 2 is 2.05 bits per heavy atom. The molecule has 6 nitrogen and oxygen atoms in total. The standard InChI is InChI=1S/C14H21ClN4O2/c1-10-9-18(12-6-5-11(15)16-17-12)7-8-19(10)13(20)21-14(2,3)4/h5-6,10H,7-9H2,1-4H3. The van der Waals surface area contributed by atoms with Crippen molar-refractivity contribution < 1.29 is 9.53 Å². The van der Waals surface area contributed by atoms with E-state index in [-0.39, 0.29) is 12.1 Å². The first kappa shape index (κ1) is 15.8. The maximum Gasteiger partial charge on any atom is 0.410 e. The van der Waals surface area contributed by atoms with Crippen molar-refractivity contribution in [3.05, 3.63) is 17.3 Å². The number of hydrogen-bond acceptors (Lipinski definition) is 5. The van der Waals surface area contributed by atoms with Gasteiger partial charge in [-0.25, -0.2) is 4.79 Å². The molecule has 1 amide bonds. The van der Waals surface area contributed by atoms with Crippen LogP contribution in [0.5, 0.6) is 0 Å². The van der Waals surface area contributed by atoms with E-state index in [1.807, 2.05) is 33.8 Å². The van der Waals surface area contributed by atoms with Crippen LogP contribution in [0.25, 0.3) is 0 Å². The van der Waals surface area contributed by atoms with Crippen LogP contribution >= 0.6 is 11.6 Å². The Balaban J connectivity index is 1.99. The Labute approximate surface area is 130 Å². The topological polar surface area (TPSA) is 58.6 Å². The number of anilines is 1. The molecule has 116 valence electrons. The third kappa shape index (κ3) is 4.20. The number of carbonyl (C=O) groups is 1. The van der Waals surface area contributed by atoms with Crippen molar-refractivity contribution in [2.24, 2.45) is 0 Å². The van der Waals surface area contributed by atoms with E-state index in [2.05, 4.69) is 15.1 Å². The number of halogens is 1. The molecular formula is C14H21ClN4O2. The van der Waals surface area contributed by atoms with Gasteiger partial charge in [0.25, 0.3) is 0 Å². The average Bonchev–Trinajstić information content (AvgIpc) is 2.37. The fraction of sp³-hybridized carbons (Fsp3) is 0.643. The highest BCUT2D eigenvalue weighted by molar-refractivity contribution is 6.29. The number of ether oxygens (including phenoxy) is 1. The van der Waals surface area contributed by atoms with Crippen LogP contribution in [0.1, 0.15) is 27.7 Å². The lowest BCUT2D eigenvalue weighted by Gasteiger charge is -2.40. The SMILES string of the molecule is CC1CN(c2ccc(Cl)nn2)CCN1C(=O)OC(C)(C)C. The number of rotatable bonds is 1. The molecule has 1 aliphatic rings. The van der Waals surface area contributed by atoms with Gasteiger partial charge >= 0.3 is 6.09 Å². The Morgan fingerprint density at radius 3 is 2.57 bits per heavy atom. The molecule has 0 aromatic carbocycles. The molecule has 1 unspecified atom stereocenters. The third-order valence-electron chi connectivity index (χ3n) is 3.20. The molecule has 2 rings (SSSR count). The summed E-state index contributed by atoms with van der Waals surface area (Å²) in [4.78, 5) is 16.0. The van der Waals surface area contributed by atoms with E-state index in [1.165, 1.54) is 0 Å². The van der Waals surface area contributed by atoms with Crippen molar-refractivity contribution in [3.8, 4) is 0 Å². The molecule has 1 aromatic heterocycles. The van der Waals surface area contributed by atoms with Gasteiger partial charge in [0.15, 0.2) is 11.0 Å². The number of carbonyl (C=O) groups excluding carboxylic acids is 1. The number of hydrogen-bond donors (Lipinski definition) is 0. The van der Waals surface area contributed by atoms with E-state index >= 15 is 0 Å². The fourth-order valence-corrected chi connectivity index (χ4v) is 2.34. The summed E-state index contributed by atoms with van der Waals surface area (Å²) < 4.78 is 5.43. The summed E-state index contributed by atoms with van der Waals surface area (Å²) in [5, 5.41) is 8.30. The normalized spacial score (nSPS) is 19.6. The van der Waals surface area contributed by atoms with Gasteiger partial charge in [0, 0.05) is 25.7 Å². The maximum atomic E-state index is 12.2. The van der Waals surface area contributed by atoms with Gasteiger partial charge in [0.1, 0.15) is 5.60 Å². The van der Waals surface area contributed by atoms with E-state index in [0.29, 0.717) is 24.8 Å². The first-order valence-corrected chi connectivity index (χ1v) is 7.38. The Hall–Kier alpha value is -1.56. The van der Waals surface area contributed by atoms with Crippen molar-refractivity contribution in [1.29, 1.82) is 0 Å². The molecule has 1 fully saturated rings. The second-order valence-corrected chi connectivity index (χ2v) is 6.57. The monoisotopic (exact) mass is 312 g/mol. The zero-order valence-electron chi connectivity index (χ0n) is 12.8. The number of amides is 1. The van der Waals surface area contributed by atoms with Crippen LogP contribution < -0.4 is 4.90 Å². The second-order valence-electron chi connectivity index (χ2n) is 6.18. The lowest BCUT2D eigenvalue weighted by Crippen LogP contribution is -2.55. The van der Waals surface area contributed by atoms with E-state index in [9.17, 15) is 4.79 Å². The smallest absolute Gasteiger partial charge is 0.410 e. The van der Waals surface area contributed by atoms with Gasteiger partial charge < -0.3 is 14.5 Å². The highest BCUT2D eigenvalue weighted by Crippen LogP contribution is 2.19. The van der Waals surface area contributed by atoms with E-state index in [1.54, 1.807) is 11.0 Å². The Bertz CT molecular complexity index is 501. The Kier molecular flexibility index (Phi) is 4.56. The molecule has 1 aromatic rings. The van der Waals surface area contributed by atoms with Crippen molar-refractivity contribution >= 4 is 23.5 Å². The molecule has 7 heteroatoms. The van der Waals surface area contributed by atoms with E-state index in [0.717, 1.165) is 5.82 Å². The first-order chi connectivity index (χ1) is 9.76. The molecular weight excluding hydrogens is 292 g/mol. The van der Waals surface area contributed by atoms with Crippen LogP contribution in [0.4, 0.5) is 10.6 Å². The molecule has 21 heavy (non-hydrogen) atoms. The van der Waals surface area contributed by atoms with Crippen molar-refractivity contribution in [2.45, 2.75) is 39.3 Å². The van der Waals surface area contributed by atoms with Gasteiger partial charge in [-0.2, -0.15) is 0 Å². The van der Waals surface area contributed by atoms with Crippen LogP contribution in [0.3, 0.4) is 0 Å². The molecule has 1 aliphatic heterocycles. The molecule has 1 atom stereocenters. The molecule has 2 heterocycles. The zero-order valence-corrected chi connectivity index (χ0v) is 13.6. The van der Waals surface area contributed by atoms with Crippen molar-refractivity contribution in [1.82, 2.24) is 15.1 Å². The molecule has 0 radical (unpaired) electrons. The molecule has 0 spiro atoms. The molecule has 0 saturated carbocycles. The summed E-state index contributed by atoms with van der Waals surface area (Å²) in [5.41, 5.74) is -0.477. The highest BCUT2D eigenvalue weighted by Gasteiger charge is 2.31. The quantitative estimate of drug-likeness (QED) is 0.797. The van der Waals surface area contributed by atoms with Crippen LogP contribution in [0.15, 0.2) is 12.1 Å². The maximum absolute atomic E-state index is 12.2. The van der Waals surface area contributed by atoms with Gasteiger partial charge in [-0.1, -0.05) is 11.6 Å². The predicted octanol–water partition coefficient (Wildman–Crippen LogP) is 2.58. The zero-order chi connectivity index (χ0) is 15.6. The lowest BCUT2D eigenvalue weighted by molar-refractivity contribution is 0.0158. The lowest BCUT2D eigenvalue weighted by atomic mass is 10.2. The fourth-order valence-electron chi connectivity index (χ4n) is 2.24.